The van der Waals surface area contributed by atoms with Crippen molar-refractivity contribution in [1.82, 2.24) is 9.78 Å². The first-order valence-corrected chi connectivity index (χ1v) is 6.55. The molecule has 1 aliphatic heterocycles. The molecule has 0 radical (unpaired) electrons. The molecule has 0 amide bonds. The Morgan fingerprint density at radius 1 is 1.70 bits per heavy atom. The lowest BCUT2D eigenvalue weighted by Gasteiger charge is -2.17. The molecule has 1 aromatic rings. The summed E-state index contributed by atoms with van der Waals surface area (Å²) >= 11 is 5.98. The number of terminal acetylenes is 1. The van der Waals surface area contributed by atoms with Crippen LogP contribution in [0.15, 0.2) is 11.0 Å². The molecule has 0 bridgehead atoms. The Hall–Kier alpha value is -1.55. The lowest BCUT2D eigenvalue weighted by Crippen LogP contribution is -2.30. The molecule has 7 heteroatoms. The van der Waals surface area contributed by atoms with E-state index in [0.29, 0.717) is 13.2 Å². The lowest BCUT2D eigenvalue weighted by molar-refractivity contribution is -0.136. The van der Waals surface area contributed by atoms with Crippen molar-refractivity contribution in [2.45, 2.75) is 32.3 Å². The van der Waals surface area contributed by atoms with Crippen molar-refractivity contribution in [3.63, 3.8) is 0 Å². The number of hydrogen-bond donors (Lipinski definition) is 1. The van der Waals surface area contributed by atoms with Gasteiger partial charge < -0.3 is 14.8 Å². The molecule has 6 nitrogen and oxygen atoms in total. The maximum absolute atomic E-state index is 12.1. The largest absolute Gasteiger partial charge is 0.377 e. The van der Waals surface area contributed by atoms with Crippen LogP contribution in [0.3, 0.4) is 0 Å². The highest BCUT2D eigenvalue weighted by Crippen LogP contribution is 2.23. The molecular weight excluding hydrogens is 282 g/mol. The number of halogens is 1. The van der Waals surface area contributed by atoms with E-state index < -0.39 is 5.79 Å². The van der Waals surface area contributed by atoms with Crippen LogP contribution in [-0.4, -0.2) is 34.8 Å². The van der Waals surface area contributed by atoms with E-state index in [0.717, 1.165) is 0 Å². The van der Waals surface area contributed by atoms with Gasteiger partial charge in [-0.05, 0) is 13.8 Å². The monoisotopic (exact) mass is 297 g/mol. The zero-order valence-electron chi connectivity index (χ0n) is 11.4. The summed E-state index contributed by atoms with van der Waals surface area (Å²) in [4.78, 5) is 12.1. The number of aromatic nitrogens is 2. The molecule has 2 heterocycles. The molecule has 1 aromatic heterocycles. The predicted molar refractivity (Wildman–Crippen MR) is 75.7 cm³/mol. The number of anilines is 1. The van der Waals surface area contributed by atoms with Gasteiger partial charge in [0.25, 0.3) is 5.56 Å². The van der Waals surface area contributed by atoms with Gasteiger partial charge in [-0.15, -0.1) is 6.42 Å². The van der Waals surface area contributed by atoms with Crippen molar-refractivity contribution in [3.8, 4) is 12.3 Å². The average Bonchev–Trinajstić information content (AvgIpc) is 2.72. The van der Waals surface area contributed by atoms with Crippen molar-refractivity contribution < 1.29 is 9.47 Å². The second kappa shape index (κ2) is 5.83. The van der Waals surface area contributed by atoms with E-state index >= 15 is 0 Å². The van der Waals surface area contributed by atoms with Gasteiger partial charge in [0.1, 0.15) is 18.3 Å². The molecule has 0 spiro atoms. The van der Waals surface area contributed by atoms with Crippen LogP contribution >= 0.6 is 11.6 Å². The summed E-state index contributed by atoms with van der Waals surface area (Å²) in [5.74, 6) is 1.77. The summed E-state index contributed by atoms with van der Waals surface area (Å²) in [6, 6.07) is 0. The summed E-state index contributed by atoms with van der Waals surface area (Å²) in [6.45, 7) is 4.65. The summed E-state index contributed by atoms with van der Waals surface area (Å²) < 4.78 is 12.3. The standard InChI is InChI=1S/C13H16ClN3O3/c1-4-5-17-12(18)11(10(14)7-16-17)15-6-9-8-19-13(2,3)20-9/h1,7,9,15H,5-6,8H2,2-3H3. The van der Waals surface area contributed by atoms with Crippen LogP contribution < -0.4 is 10.9 Å². The first-order valence-electron chi connectivity index (χ1n) is 6.17. The number of ether oxygens (including phenoxy) is 2. The van der Waals surface area contributed by atoms with Gasteiger partial charge in [0.05, 0.1) is 17.8 Å². The highest BCUT2D eigenvalue weighted by atomic mass is 35.5. The third kappa shape index (κ3) is 3.31. The minimum atomic E-state index is -0.599. The predicted octanol–water partition coefficient (Wildman–Crippen LogP) is 1.09. The van der Waals surface area contributed by atoms with Crippen LogP contribution in [0.5, 0.6) is 0 Å². The fraction of sp³-hybridized carbons (Fsp3) is 0.538. The SMILES string of the molecule is C#CCn1ncc(Cl)c(NCC2COC(C)(C)O2)c1=O. The van der Waals surface area contributed by atoms with Crippen LogP contribution in [0.1, 0.15) is 13.8 Å². The summed E-state index contributed by atoms with van der Waals surface area (Å²) in [7, 11) is 0. The maximum atomic E-state index is 12.1. The summed E-state index contributed by atoms with van der Waals surface area (Å²) in [6.07, 6.45) is 6.42. The zero-order chi connectivity index (χ0) is 14.8. The van der Waals surface area contributed by atoms with Gasteiger partial charge in [-0.1, -0.05) is 17.5 Å². The molecule has 1 unspecified atom stereocenters. The fourth-order valence-corrected chi connectivity index (χ4v) is 2.10. The Labute approximate surface area is 122 Å². The average molecular weight is 298 g/mol. The van der Waals surface area contributed by atoms with Gasteiger partial charge in [0, 0.05) is 6.54 Å². The van der Waals surface area contributed by atoms with E-state index in [-0.39, 0.29) is 28.9 Å². The molecule has 20 heavy (non-hydrogen) atoms. The lowest BCUT2D eigenvalue weighted by atomic mass is 10.3. The summed E-state index contributed by atoms with van der Waals surface area (Å²) in [5.41, 5.74) is -0.0844. The Morgan fingerprint density at radius 3 is 3.05 bits per heavy atom. The third-order valence-corrected chi connectivity index (χ3v) is 3.10. The van der Waals surface area contributed by atoms with Crippen LogP contribution in [0.25, 0.3) is 0 Å². The highest BCUT2D eigenvalue weighted by Gasteiger charge is 2.32. The molecule has 0 aromatic carbocycles. The minimum Gasteiger partial charge on any atom is -0.377 e. The maximum Gasteiger partial charge on any atom is 0.292 e. The van der Waals surface area contributed by atoms with Crippen molar-refractivity contribution >= 4 is 17.3 Å². The second-order valence-electron chi connectivity index (χ2n) is 4.87. The normalized spacial score (nSPS) is 20.6. The van der Waals surface area contributed by atoms with Gasteiger partial charge in [0.2, 0.25) is 0 Å². The molecule has 0 saturated carbocycles. The van der Waals surface area contributed by atoms with Crippen molar-refractivity contribution in [2.75, 3.05) is 18.5 Å². The summed E-state index contributed by atoms with van der Waals surface area (Å²) in [5, 5.41) is 7.10. The molecule has 108 valence electrons. The zero-order valence-corrected chi connectivity index (χ0v) is 12.1. The molecule has 1 fully saturated rings. The highest BCUT2D eigenvalue weighted by molar-refractivity contribution is 6.32. The van der Waals surface area contributed by atoms with Gasteiger partial charge in [-0.2, -0.15) is 5.10 Å². The van der Waals surface area contributed by atoms with Crippen LogP contribution in [0.4, 0.5) is 5.69 Å². The van der Waals surface area contributed by atoms with Gasteiger partial charge in [-0.25, -0.2) is 4.68 Å². The molecule has 0 aliphatic carbocycles. The Morgan fingerprint density at radius 2 is 2.45 bits per heavy atom. The van der Waals surface area contributed by atoms with Gasteiger partial charge >= 0.3 is 0 Å². The minimum absolute atomic E-state index is 0.0980. The number of rotatable bonds is 4. The number of nitrogens with one attached hydrogen (secondary N) is 1. The van der Waals surface area contributed by atoms with E-state index in [1.165, 1.54) is 10.9 Å². The van der Waals surface area contributed by atoms with Gasteiger partial charge in [-0.3, -0.25) is 4.79 Å². The van der Waals surface area contributed by atoms with E-state index in [2.05, 4.69) is 16.3 Å². The van der Waals surface area contributed by atoms with Crippen LogP contribution in [-0.2, 0) is 16.0 Å². The Bertz CT molecular complexity index is 592. The first-order chi connectivity index (χ1) is 9.43. The smallest absolute Gasteiger partial charge is 0.292 e. The second-order valence-corrected chi connectivity index (χ2v) is 5.27. The number of nitrogens with zero attached hydrogens (tertiary/aromatic N) is 2. The third-order valence-electron chi connectivity index (χ3n) is 2.81. The van der Waals surface area contributed by atoms with Crippen molar-refractivity contribution in [2.24, 2.45) is 0 Å². The van der Waals surface area contributed by atoms with Gasteiger partial charge in [0.15, 0.2) is 5.79 Å². The molecule has 2 rings (SSSR count). The first kappa shape index (κ1) is 14.9. The molecular formula is C13H16ClN3O3. The molecule has 1 aliphatic rings. The van der Waals surface area contributed by atoms with Crippen molar-refractivity contribution in [3.05, 3.63) is 21.6 Å². The number of hydrogen-bond acceptors (Lipinski definition) is 5. The van der Waals surface area contributed by atoms with E-state index in [9.17, 15) is 4.79 Å². The molecule has 1 atom stereocenters. The Kier molecular flexibility index (Phi) is 4.33. The van der Waals surface area contributed by atoms with E-state index in [4.69, 9.17) is 27.5 Å². The molecule has 1 saturated heterocycles. The van der Waals surface area contributed by atoms with Crippen LogP contribution in [0, 0.1) is 12.3 Å². The quantitative estimate of drug-likeness (QED) is 0.843. The topological polar surface area (TPSA) is 65.4 Å². The van der Waals surface area contributed by atoms with Crippen LogP contribution in [0.2, 0.25) is 5.02 Å². The molecule has 1 N–H and O–H groups in total. The van der Waals surface area contributed by atoms with E-state index in [1.54, 1.807) is 0 Å². The van der Waals surface area contributed by atoms with Crippen molar-refractivity contribution in [1.29, 1.82) is 0 Å². The fourth-order valence-electron chi connectivity index (χ4n) is 1.91. The van der Waals surface area contributed by atoms with E-state index in [1.807, 2.05) is 13.8 Å². The Balaban J connectivity index is 2.08.